The first kappa shape index (κ1) is 11.2. The summed E-state index contributed by atoms with van der Waals surface area (Å²) in [5.41, 5.74) is 12.8. The highest BCUT2D eigenvalue weighted by atomic mass is 15.2. The van der Waals surface area contributed by atoms with Gasteiger partial charge in [-0.15, -0.1) is 0 Å². The molecular weight excluding hydrogens is 200 g/mol. The number of nitrogen functional groups attached to an aromatic ring is 1. The summed E-state index contributed by atoms with van der Waals surface area (Å²) < 4.78 is 0. The van der Waals surface area contributed by atoms with Gasteiger partial charge in [-0.1, -0.05) is 6.92 Å². The van der Waals surface area contributed by atoms with E-state index in [1.54, 1.807) is 0 Å². The van der Waals surface area contributed by atoms with Crippen molar-refractivity contribution >= 4 is 11.5 Å². The standard InChI is InChI=1S/C12H20N4/c1-8-9(2)16(6-5-11(8)13)10-3-4-12(14)15-7-10/h3-4,7-9,11H,5-6,13H2,1-2H3,(H2,14,15). The topological polar surface area (TPSA) is 68.2 Å². The minimum absolute atomic E-state index is 0.313. The number of aromatic nitrogens is 1. The zero-order valence-electron chi connectivity index (χ0n) is 9.93. The van der Waals surface area contributed by atoms with Gasteiger partial charge in [-0.3, -0.25) is 0 Å². The van der Waals surface area contributed by atoms with Gasteiger partial charge in [0.05, 0.1) is 11.9 Å². The van der Waals surface area contributed by atoms with Gasteiger partial charge in [0.25, 0.3) is 0 Å². The van der Waals surface area contributed by atoms with E-state index < -0.39 is 0 Å². The van der Waals surface area contributed by atoms with Crippen LogP contribution in [0.5, 0.6) is 0 Å². The molecule has 1 saturated heterocycles. The minimum atomic E-state index is 0.313. The smallest absolute Gasteiger partial charge is 0.123 e. The summed E-state index contributed by atoms with van der Waals surface area (Å²) in [4.78, 5) is 6.50. The molecule has 3 atom stereocenters. The van der Waals surface area contributed by atoms with Crippen molar-refractivity contribution in [2.45, 2.75) is 32.4 Å². The number of hydrogen-bond donors (Lipinski definition) is 2. The van der Waals surface area contributed by atoms with Crippen LogP contribution in [0.2, 0.25) is 0 Å². The molecule has 16 heavy (non-hydrogen) atoms. The maximum atomic E-state index is 6.07. The van der Waals surface area contributed by atoms with Gasteiger partial charge in [0, 0.05) is 18.6 Å². The van der Waals surface area contributed by atoms with Crippen molar-refractivity contribution in [1.29, 1.82) is 0 Å². The molecule has 0 amide bonds. The van der Waals surface area contributed by atoms with E-state index in [0.717, 1.165) is 18.7 Å². The lowest BCUT2D eigenvalue weighted by atomic mass is 9.87. The molecule has 1 fully saturated rings. The Labute approximate surface area is 96.6 Å². The molecule has 4 heteroatoms. The Bertz CT molecular complexity index is 349. The molecule has 1 aromatic rings. The van der Waals surface area contributed by atoms with Crippen LogP contribution in [0.4, 0.5) is 11.5 Å². The van der Waals surface area contributed by atoms with Crippen LogP contribution in [0.3, 0.4) is 0 Å². The molecule has 0 bridgehead atoms. The van der Waals surface area contributed by atoms with Gasteiger partial charge in [0.2, 0.25) is 0 Å². The quantitative estimate of drug-likeness (QED) is 0.747. The number of pyridine rings is 1. The second kappa shape index (κ2) is 4.29. The van der Waals surface area contributed by atoms with Crippen LogP contribution in [-0.4, -0.2) is 23.6 Å². The van der Waals surface area contributed by atoms with Gasteiger partial charge < -0.3 is 16.4 Å². The SMILES string of the molecule is CC1C(N)CCN(c2ccc(N)nc2)C1C. The number of nitrogens with two attached hydrogens (primary N) is 2. The van der Waals surface area contributed by atoms with Crippen LogP contribution in [-0.2, 0) is 0 Å². The maximum Gasteiger partial charge on any atom is 0.123 e. The third-order valence-corrected chi connectivity index (χ3v) is 3.73. The Morgan fingerprint density at radius 2 is 2.12 bits per heavy atom. The minimum Gasteiger partial charge on any atom is -0.384 e. The van der Waals surface area contributed by atoms with Crippen molar-refractivity contribution in [2.24, 2.45) is 11.7 Å². The predicted molar refractivity (Wildman–Crippen MR) is 67.2 cm³/mol. The van der Waals surface area contributed by atoms with E-state index in [9.17, 15) is 0 Å². The number of anilines is 2. The lowest BCUT2D eigenvalue weighted by Gasteiger charge is -2.42. The van der Waals surface area contributed by atoms with E-state index in [-0.39, 0.29) is 0 Å². The van der Waals surface area contributed by atoms with Gasteiger partial charge in [-0.2, -0.15) is 0 Å². The van der Waals surface area contributed by atoms with Crippen molar-refractivity contribution in [3.8, 4) is 0 Å². The molecule has 2 heterocycles. The molecule has 4 nitrogen and oxygen atoms in total. The van der Waals surface area contributed by atoms with Gasteiger partial charge in [0.15, 0.2) is 0 Å². The molecule has 3 unspecified atom stereocenters. The predicted octanol–water partition coefficient (Wildman–Crippen LogP) is 1.23. The molecule has 0 aromatic carbocycles. The first-order valence-electron chi connectivity index (χ1n) is 5.83. The summed E-state index contributed by atoms with van der Waals surface area (Å²) in [6.45, 7) is 5.44. The summed E-state index contributed by atoms with van der Waals surface area (Å²) in [6.07, 6.45) is 2.88. The van der Waals surface area contributed by atoms with E-state index >= 15 is 0 Å². The molecule has 88 valence electrons. The highest BCUT2D eigenvalue weighted by Crippen LogP contribution is 2.27. The molecule has 1 aliphatic rings. The van der Waals surface area contributed by atoms with Gasteiger partial charge >= 0.3 is 0 Å². The zero-order valence-corrected chi connectivity index (χ0v) is 9.93. The van der Waals surface area contributed by atoms with E-state index in [2.05, 4.69) is 23.7 Å². The molecule has 2 rings (SSSR count). The van der Waals surface area contributed by atoms with Gasteiger partial charge in [-0.25, -0.2) is 4.98 Å². The first-order chi connectivity index (χ1) is 7.59. The van der Waals surface area contributed by atoms with Crippen LogP contribution in [0.1, 0.15) is 20.3 Å². The molecule has 0 aliphatic carbocycles. The van der Waals surface area contributed by atoms with Crippen molar-refractivity contribution < 1.29 is 0 Å². The Kier molecular flexibility index (Phi) is 3.01. The molecule has 0 spiro atoms. The largest absolute Gasteiger partial charge is 0.384 e. The molecular formula is C12H20N4. The number of nitrogens with zero attached hydrogens (tertiary/aromatic N) is 2. The summed E-state index contributed by atoms with van der Waals surface area (Å²) in [6, 6.07) is 4.64. The molecule has 1 aliphatic heterocycles. The van der Waals surface area contributed by atoms with Crippen LogP contribution < -0.4 is 16.4 Å². The van der Waals surface area contributed by atoms with Gasteiger partial charge in [-0.05, 0) is 31.4 Å². The Hall–Kier alpha value is -1.29. The number of rotatable bonds is 1. The lowest BCUT2D eigenvalue weighted by Crippen LogP contribution is -2.51. The van der Waals surface area contributed by atoms with Crippen molar-refractivity contribution in [3.05, 3.63) is 18.3 Å². The van der Waals surface area contributed by atoms with Crippen LogP contribution in [0.15, 0.2) is 18.3 Å². The zero-order chi connectivity index (χ0) is 11.7. The highest BCUT2D eigenvalue weighted by molar-refractivity contribution is 5.49. The summed E-state index contributed by atoms with van der Waals surface area (Å²) >= 11 is 0. The number of piperidine rings is 1. The highest BCUT2D eigenvalue weighted by Gasteiger charge is 2.30. The van der Waals surface area contributed by atoms with E-state index in [1.807, 2.05) is 18.3 Å². The third kappa shape index (κ3) is 1.97. The fourth-order valence-electron chi connectivity index (χ4n) is 2.33. The van der Waals surface area contributed by atoms with Crippen molar-refractivity contribution in [2.75, 3.05) is 17.2 Å². The lowest BCUT2D eigenvalue weighted by molar-refractivity contribution is 0.315. The Balaban J connectivity index is 2.18. The third-order valence-electron chi connectivity index (χ3n) is 3.73. The molecule has 1 aromatic heterocycles. The summed E-state index contributed by atoms with van der Waals surface area (Å²) in [5.74, 6) is 1.07. The fourth-order valence-corrected chi connectivity index (χ4v) is 2.33. The van der Waals surface area contributed by atoms with Crippen molar-refractivity contribution in [3.63, 3.8) is 0 Å². The number of hydrogen-bond acceptors (Lipinski definition) is 4. The molecule has 0 radical (unpaired) electrons. The van der Waals surface area contributed by atoms with Crippen LogP contribution in [0, 0.1) is 5.92 Å². The summed E-state index contributed by atoms with van der Waals surface area (Å²) in [5, 5.41) is 0. The average Bonchev–Trinajstić information content (AvgIpc) is 2.28. The monoisotopic (exact) mass is 220 g/mol. The molecule has 4 N–H and O–H groups in total. The second-order valence-corrected chi connectivity index (χ2v) is 4.69. The normalized spacial score (nSPS) is 30.4. The molecule has 0 saturated carbocycles. The Morgan fingerprint density at radius 1 is 1.38 bits per heavy atom. The Morgan fingerprint density at radius 3 is 2.75 bits per heavy atom. The van der Waals surface area contributed by atoms with E-state index in [4.69, 9.17) is 11.5 Å². The van der Waals surface area contributed by atoms with E-state index in [0.29, 0.717) is 23.8 Å². The summed E-state index contributed by atoms with van der Waals surface area (Å²) in [7, 11) is 0. The van der Waals surface area contributed by atoms with Crippen LogP contribution in [0.25, 0.3) is 0 Å². The second-order valence-electron chi connectivity index (χ2n) is 4.69. The van der Waals surface area contributed by atoms with Crippen LogP contribution >= 0.6 is 0 Å². The maximum absolute atomic E-state index is 6.07. The average molecular weight is 220 g/mol. The van der Waals surface area contributed by atoms with Gasteiger partial charge in [0.1, 0.15) is 5.82 Å². The first-order valence-corrected chi connectivity index (χ1v) is 5.83. The van der Waals surface area contributed by atoms with E-state index in [1.165, 1.54) is 0 Å². The van der Waals surface area contributed by atoms with Crippen molar-refractivity contribution in [1.82, 2.24) is 4.98 Å². The fraction of sp³-hybridized carbons (Fsp3) is 0.583.